The molecule has 0 spiro atoms. The predicted octanol–water partition coefficient (Wildman–Crippen LogP) is 3.35. The Morgan fingerprint density at radius 3 is 2.38 bits per heavy atom. The standard InChI is InChI=1S/C12H7ClFNO/c13-12-9(7-16)3-6-11(15-12)8-1-4-10(14)5-2-8/h1-7H. The Labute approximate surface area is 96.7 Å². The van der Waals surface area contributed by atoms with Crippen molar-refractivity contribution in [1.82, 2.24) is 4.98 Å². The molecule has 0 saturated carbocycles. The minimum Gasteiger partial charge on any atom is -0.298 e. The maximum atomic E-state index is 12.7. The van der Waals surface area contributed by atoms with Crippen molar-refractivity contribution in [3.05, 3.63) is 52.9 Å². The average molecular weight is 236 g/mol. The maximum Gasteiger partial charge on any atom is 0.153 e. The highest BCUT2D eigenvalue weighted by Crippen LogP contribution is 2.21. The van der Waals surface area contributed by atoms with E-state index in [4.69, 9.17) is 11.6 Å². The molecule has 0 amide bonds. The monoisotopic (exact) mass is 235 g/mol. The molecule has 0 atom stereocenters. The summed E-state index contributed by atoms with van der Waals surface area (Å²) in [4.78, 5) is 14.6. The van der Waals surface area contributed by atoms with Gasteiger partial charge in [-0.1, -0.05) is 11.6 Å². The molecule has 0 fully saturated rings. The van der Waals surface area contributed by atoms with E-state index in [0.717, 1.165) is 5.56 Å². The zero-order chi connectivity index (χ0) is 11.5. The molecule has 0 radical (unpaired) electrons. The fourth-order valence-electron chi connectivity index (χ4n) is 1.31. The molecule has 0 aliphatic rings. The zero-order valence-electron chi connectivity index (χ0n) is 8.15. The van der Waals surface area contributed by atoms with Gasteiger partial charge in [-0.3, -0.25) is 4.79 Å². The number of carbonyl (C=O) groups excluding carboxylic acids is 1. The summed E-state index contributed by atoms with van der Waals surface area (Å²) in [5.41, 5.74) is 1.70. The Morgan fingerprint density at radius 1 is 1.12 bits per heavy atom. The number of aromatic nitrogens is 1. The summed E-state index contributed by atoms with van der Waals surface area (Å²) < 4.78 is 12.7. The third kappa shape index (κ3) is 2.09. The van der Waals surface area contributed by atoms with Crippen LogP contribution in [0.25, 0.3) is 11.3 Å². The minimum atomic E-state index is -0.306. The van der Waals surface area contributed by atoms with Crippen molar-refractivity contribution in [2.45, 2.75) is 0 Å². The smallest absolute Gasteiger partial charge is 0.153 e. The molecule has 4 heteroatoms. The van der Waals surface area contributed by atoms with Crippen LogP contribution in [0.15, 0.2) is 36.4 Å². The summed E-state index contributed by atoms with van der Waals surface area (Å²) in [6.07, 6.45) is 0.643. The van der Waals surface area contributed by atoms with Crippen molar-refractivity contribution in [1.29, 1.82) is 0 Å². The van der Waals surface area contributed by atoms with Crippen molar-refractivity contribution < 1.29 is 9.18 Å². The van der Waals surface area contributed by atoms with E-state index in [1.807, 2.05) is 0 Å². The van der Waals surface area contributed by atoms with Crippen LogP contribution < -0.4 is 0 Å². The first-order chi connectivity index (χ1) is 7.70. The molecule has 1 aromatic carbocycles. The molecule has 0 aliphatic carbocycles. The molecule has 80 valence electrons. The van der Waals surface area contributed by atoms with E-state index in [1.165, 1.54) is 12.1 Å². The number of rotatable bonds is 2. The highest BCUT2D eigenvalue weighted by molar-refractivity contribution is 6.31. The van der Waals surface area contributed by atoms with Crippen LogP contribution in [0.1, 0.15) is 10.4 Å². The lowest BCUT2D eigenvalue weighted by Crippen LogP contribution is -1.89. The van der Waals surface area contributed by atoms with E-state index >= 15 is 0 Å². The lowest BCUT2D eigenvalue weighted by atomic mass is 10.1. The molecule has 2 aromatic rings. The van der Waals surface area contributed by atoms with Crippen molar-refractivity contribution in [3.63, 3.8) is 0 Å². The van der Waals surface area contributed by atoms with Crippen molar-refractivity contribution >= 4 is 17.9 Å². The molecule has 0 unspecified atom stereocenters. The van der Waals surface area contributed by atoms with Crippen molar-refractivity contribution in [2.24, 2.45) is 0 Å². The first-order valence-electron chi connectivity index (χ1n) is 4.58. The van der Waals surface area contributed by atoms with E-state index in [2.05, 4.69) is 4.98 Å². The second-order valence-electron chi connectivity index (χ2n) is 3.20. The SMILES string of the molecule is O=Cc1ccc(-c2ccc(F)cc2)nc1Cl. The number of hydrogen-bond donors (Lipinski definition) is 0. The van der Waals surface area contributed by atoms with Gasteiger partial charge in [0.15, 0.2) is 6.29 Å². The number of aldehydes is 1. The van der Waals surface area contributed by atoms with Gasteiger partial charge >= 0.3 is 0 Å². The number of halogens is 2. The van der Waals surface area contributed by atoms with Crippen LogP contribution in [0.5, 0.6) is 0 Å². The van der Waals surface area contributed by atoms with Gasteiger partial charge in [-0.2, -0.15) is 0 Å². The molecular formula is C12H7ClFNO. The predicted molar refractivity (Wildman–Crippen MR) is 60.0 cm³/mol. The number of nitrogens with zero attached hydrogens (tertiary/aromatic N) is 1. The molecule has 1 heterocycles. The van der Waals surface area contributed by atoms with Gasteiger partial charge in [-0.25, -0.2) is 9.37 Å². The molecule has 2 nitrogen and oxygen atoms in total. The van der Waals surface area contributed by atoms with Gasteiger partial charge < -0.3 is 0 Å². The molecule has 0 aliphatic heterocycles. The fourth-order valence-corrected chi connectivity index (χ4v) is 1.51. The number of carbonyl (C=O) groups is 1. The summed E-state index contributed by atoms with van der Waals surface area (Å²) in [5, 5.41) is 0.150. The second-order valence-corrected chi connectivity index (χ2v) is 3.56. The normalized spacial score (nSPS) is 10.1. The molecule has 0 saturated heterocycles. The topological polar surface area (TPSA) is 30.0 Å². The highest BCUT2D eigenvalue weighted by atomic mass is 35.5. The van der Waals surface area contributed by atoms with Crippen LogP contribution in [0.3, 0.4) is 0 Å². The summed E-state index contributed by atoms with van der Waals surface area (Å²) >= 11 is 5.79. The number of hydrogen-bond acceptors (Lipinski definition) is 2. The van der Waals surface area contributed by atoms with E-state index in [-0.39, 0.29) is 11.0 Å². The average Bonchev–Trinajstić information content (AvgIpc) is 2.30. The van der Waals surface area contributed by atoms with Crippen LogP contribution in [0.4, 0.5) is 4.39 Å². The van der Waals surface area contributed by atoms with E-state index < -0.39 is 0 Å². The first-order valence-corrected chi connectivity index (χ1v) is 4.96. The molecule has 0 bridgehead atoms. The third-order valence-corrected chi connectivity index (χ3v) is 2.45. The Balaban J connectivity index is 2.45. The number of benzene rings is 1. The lowest BCUT2D eigenvalue weighted by Gasteiger charge is -2.02. The van der Waals surface area contributed by atoms with E-state index in [9.17, 15) is 9.18 Å². The molecule has 1 aromatic heterocycles. The minimum absolute atomic E-state index is 0.150. The van der Waals surface area contributed by atoms with Crippen LogP contribution >= 0.6 is 11.6 Å². The molecule has 0 N–H and O–H groups in total. The zero-order valence-corrected chi connectivity index (χ0v) is 8.91. The first kappa shape index (κ1) is 10.8. The van der Waals surface area contributed by atoms with Crippen LogP contribution in [0, 0.1) is 5.82 Å². The van der Waals surface area contributed by atoms with Gasteiger partial charge in [-0.05, 0) is 36.4 Å². The summed E-state index contributed by atoms with van der Waals surface area (Å²) in [7, 11) is 0. The van der Waals surface area contributed by atoms with Gasteiger partial charge in [0.1, 0.15) is 11.0 Å². The largest absolute Gasteiger partial charge is 0.298 e. The highest BCUT2D eigenvalue weighted by Gasteiger charge is 2.04. The molecular weight excluding hydrogens is 229 g/mol. The summed E-state index contributed by atoms with van der Waals surface area (Å²) in [5.74, 6) is -0.306. The van der Waals surface area contributed by atoms with Gasteiger partial charge in [-0.15, -0.1) is 0 Å². The Hall–Kier alpha value is -1.74. The second kappa shape index (κ2) is 4.41. The summed E-state index contributed by atoms with van der Waals surface area (Å²) in [6.45, 7) is 0. The Kier molecular flexibility index (Phi) is 2.97. The molecule has 16 heavy (non-hydrogen) atoms. The van der Waals surface area contributed by atoms with E-state index in [1.54, 1.807) is 24.3 Å². The van der Waals surface area contributed by atoms with Crippen LogP contribution in [-0.2, 0) is 0 Å². The molecule has 2 rings (SSSR count). The summed E-state index contributed by atoms with van der Waals surface area (Å²) in [6, 6.07) is 9.16. The van der Waals surface area contributed by atoms with Gasteiger partial charge in [0.2, 0.25) is 0 Å². The van der Waals surface area contributed by atoms with Crippen molar-refractivity contribution in [3.8, 4) is 11.3 Å². The Bertz CT molecular complexity index is 525. The van der Waals surface area contributed by atoms with Crippen molar-refractivity contribution in [2.75, 3.05) is 0 Å². The van der Waals surface area contributed by atoms with Gasteiger partial charge in [0.25, 0.3) is 0 Å². The Morgan fingerprint density at radius 2 is 1.81 bits per heavy atom. The maximum absolute atomic E-state index is 12.7. The number of pyridine rings is 1. The fraction of sp³-hybridized carbons (Fsp3) is 0. The quantitative estimate of drug-likeness (QED) is 0.590. The van der Waals surface area contributed by atoms with E-state index in [0.29, 0.717) is 17.5 Å². The van der Waals surface area contributed by atoms with Crippen LogP contribution in [-0.4, -0.2) is 11.3 Å². The van der Waals surface area contributed by atoms with Gasteiger partial charge in [0, 0.05) is 5.56 Å². The van der Waals surface area contributed by atoms with Gasteiger partial charge in [0.05, 0.1) is 11.3 Å². The van der Waals surface area contributed by atoms with Crippen LogP contribution in [0.2, 0.25) is 5.15 Å². The third-order valence-electron chi connectivity index (χ3n) is 2.14. The lowest BCUT2D eigenvalue weighted by molar-refractivity contribution is 0.112.